The molecule has 3 nitrogen and oxygen atoms in total. The van der Waals surface area contributed by atoms with Crippen LogP contribution in [0.3, 0.4) is 0 Å². The number of benzene rings is 2. The average molecular weight is 399 g/mol. The summed E-state index contributed by atoms with van der Waals surface area (Å²) in [7, 11) is -4.50. The van der Waals surface area contributed by atoms with Crippen molar-refractivity contribution in [3.8, 4) is 0 Å². The Labute approximate surface area is 187 Å². The molecule has 0 atom stereocenters. The van der Waals surface area contributed by atoms with Gasteiger partial charge in [0.25, 0.3) is 0 Å². The van der Waals surface area contributed by atoms with Gasteiger partial charge in [-0.2, -0.15) is 0 Å². The van der Waals surface area contributed by atoms with Crippen LogP contribution in [0.15, 0.2) is 35.2 Å². The van der Waals surface area contributed by atoms with Gasteiger partial charge in [-0.25, -0.2) is 8.42 Å². The molecule has 2 rings (SSSR count). The van der Waals surface area contributed by atoms with Crippen molar-refractivity contribution in [3.63, 3.8) is 0 Å². The van der Waals surface area contributed by atoms with E-state index in [9.17, 15) is 13.0 Å². The van der Waals surface area contributed by atoms with Gasteiger partial charge < -0.3 is 4.55 Å². The molecular formula is C22H31NaO3S. The predicted octanol–water partition coefficient (Wildman–Crippen LogP) is 2.99. The molecule has 2 aromatic rings. The van der Waals surface area contributed by atoms with Crippen LogP contribution in [0, 0.1) is 0 Å². The number of unbranched alkanes of at least 4 members (excludes halogenated alkanes) is 6. The fourth-order valence-corrected chi connectivity index (χ4v) is 4.47. The van der Waals surface area contributed by atoms with Gasteiger partial charge in [0, 0.05) is 0 Å². The summed E-state index contributed by atoms with van der Waals surface area (Å²) >= 11 is 0. The third-order valence-electron chi connectivity index (χ3n) is 4.99. The van der Waals surface area contributed by atoms with E-state index in [-0.39, 0.29) is 34.5 Å². The first-order valence-corrected chi connectivity index (χ1v) is 11.4. The van der Waals surface area contributed by atoms with Gasteiger partial charge in [0.1, 0.15) is 10.1 Å². The van der Waals surface area contributed by atoms with Crippen LogP contribution >= 0.6 is 0 Å². The maximum atomic E-state index is 12.0. The third-order valence-corrected chi connectivity index (χ3v) is 5.97. The van der Waals surface area contributed by atoms with E-state index in [1.807, 2.05) is 24.3 Å². The second-order valence-electron chi connectivity index (χ2n) is 7.18. The Hall–Kier alpha value is -0.390. The minimum absolute atomic E-state index is 0. The van der Waals surface area contributed by atoms with Crippen molar-refractivity contribution in [1.82, 2.24) is 0 Å². The number of rotatable bonds is 11. The van der Waals surface area contributed by atoms with E-state index in [4.69, 9.17) is 0 Å². The van der Waals surface area contributed by atoms with Crippen molar-refractivity contribution in [2.45, 2.75) is 83.0 Å². The molecule has 0 aliphatic heterocycles. The molecule has 0 saturated heterocycles. The quantitative estimate of drug-likeness (QED) is 0.332. The molecule has 0 fully saturated rings. The van der Waals surface area contributed by atoms with Gasteiger partial charge in [-0.1, -0.05) is 76.6 Å². The zero-order valence-electron chi connectivity index (χ0n) is 17.1. The van der Waals surface area contributed by atoms with Gasteiger partial charge >= 0.3 is 29.6 Å². The van der Waals surface area contributed by atoms with E-state index >= 15 is 0 Å². The molecule has 0 aliphatic carbocycles. The Balaban J connectivity index is 0.00000364. The molecule has 0 unspecified atom stereocenters. The van der Waals surface area contributed by atoms with Crippen LogP contribution < -0.4 is 29.6 Å². The maximum Gasteiger partial charge on any atom is 1.00 e. The predicted molar refractivity (Wildman–Crippen MR) is 108 cm³/mol. The van der Waals surface area contributed by atoms with Crippen LogP contribution in [0.5, 0.6) is 0 Å². The minimum Gasteiger partial charge on any atom is -0.744 e. The van der Waals surface area contributed by atoms with Crippen molar-refractivity contribution < 1.29 is 42.5 Å². The molecule has 0 aliphatic rings. The van der Waals surface area contributed by atoms with Crippen molar-refractivity contribution in [1.29, 1.82) is 0 Å². The Morgan fingerprint density at radius 1 is 0.815 bits per heavy atom. The zero-order valence-corrected chi connectivity index (χ0v) is 19.9. The molecule has 27 heavy (non-hydrogen) atoms. The molecule has 2 aromatic carbocycles. The summed E-state index contributed by atoms with van der Waals surface area (Å²) in [5.74, 6) is 0. The monoisotopic (exact) mass is 398 g/mol. The summed E-state index contributed by atoms with van der Waals surface area (Å²) in [4.78, 5) is 0.00177. The van der Waals surface area contributed by atoms with Gasteiger partial charge in [-0.05, 0) is 53.6 Å². The first kappa shape index (κ1) is 24.6. The van der Waals surface area contributed by atoms with E-state index < -0.39 is 10.1 Å². The molecule has 0 N–H and O–H groups in total. The number of hydrogen-bond donors (Lipinski definition) is 0. The van der Waals surface area contributed by atoms with Crippen LogP contribution in [-0.2, 0) is 23.0 Å². The van der Waals surface area contributed by atoms with Crippen LogP contribution in [0.1, 0.15) is 76.3 Å². The van der Waals surface area contributed by atoms with E-state index in [1.54, 1.807) is 0 Å². The summed E-state index contributed by atoms with van der Waals surface area (Å²) in [5, 5.41) is 1.43. The van der Waals surface area contributed by atoms with Gasteiger partial charge in [0.05, 0.1) is 4.90 Å². The van der Waals surface area contributed by atoms with Crippen LogP contribution in [0.25, 0.3) is 10.8 Å². The molecular weight excluding hydrogens is 367 g/mol. The largest absolute Gasteiger partial charge is 1.00 e. The van der Waals surface area contributed by atoms with Gasteiger partial charge in [-0.3, -0.25) is 0 Å². The Bertz CT molecular complexity index is 810. The van der Waals surface area contributed by atoms with Gasteiger partial charge in [0.15, 0.2) is 0 Å². The summed E-state index contributed by atoms with van der Waals surface area (Å²) < 4.78 is 36.0. The second-order valence-corrected chi connectivity index (χ2v) is 8.50. The zero-order chi connectivity index (χ0) is 19.0. The normalized spacial score (nSPS) is 11.5. The molecule has 0 heterocycles. The molecule has 0 bridgehead atoms. The molecule has 0 saturated carbocycles. The summed E-state index contributed by atoms with van der Waals surface area (Å²) in [6, 6.07) is 9.68. The Morgan fingerprint density at radius 3 is 2.00 bits per heavy atom. The minimum atomic E-state index is -4.50. The van der Waals surface area contributed by atoms with E-state index in [0.717, 1.165) is 49.5 Å². The molecule has 0 amide bonds. The van der Waals surface area contributed by atoms with Crippen molar-refractivity contribution in [3.05, 3.63) is 41.5 Å². The third kappa shape index (κ3) is 7.51. The standard InChI is InChI=1S/C22H32O3S.Na/c1-3-5-7-9-11-18-13-14-19-15-16-20(12-10-8-6-4-2)22(21(19)17-18)26(23,24)25;/h13-17H,3-12H2,1-2H3,(H,23,24,25);/q;+1/p-1. The first-order chi connectivity index (χ1) is 12.5. The van der Waals surface area contributed by atoms with Crippen molar-refractivity contribution >= 4 is 20.9 Å². The molecule has 5 heteroatoms. The summed E-state index contributed by atoms with van der Waals surface area (Å²) in [6.07, 6.45) is 10.5. The smallest absolute Gasteiger partial charge is 0.744 e. The van der Waals surface area contributed by atoms with E-state index in [2.05, 4.69) is 19.9 Å². The molecule has 0 spiro atoms. The van der Waals surface area contributed by atoms with Crippen LogP contribution in [0.4, 0.5) is 0 Å². The van der Waals surface area contributed by atoms with Gasteiger partial charge in [0.2, 0.25) is 0 Å². The number of aryl methyl sites for hydroxylation is 2. The molecule has 0 radical (unpaired) electrons. The van der Waals surface area contributed by atoms with Crippen molar-refractivity contribution in [2.75, 3.05) is 0 Å². The van der Waals surface area contributed by atoms with Crippen LogP contribution in [-0.4, -0.2) is 13.0 Å². The second kappa shape index (κ2) is 12.2. The summed E-state index contributed by atoms with van der Waals surface area (Å²) in [5.41, 5.74) is 1.79. The SMILES string of the molecule is CCCCCCc1ccc2ccc(CCCCCC)c(S(=O)(=O)[O-])c2c1.[Na+]. The topological polar surface area (TPSA) is 57.2 Å². The van der Waals surface area contributed by atoms with E-state index in [0.29, 0.717) is 17.4 Å². The fraction of sp³-hybridized carbons (Fsp3) is 0.545. The fourth-order valence-electron chi connectivity index (χ4n) is 3.53. The Morgan fingerprint density at radius 2 is 1.41 bits per heavy atom. The first-order valence-electron chi connectivity index (χ1n) is 9.97. The number of hydrogen-bond acceptors (Lipinski definition) is 3. The Kier molecular flexibility index (Phi) is 11.2. The maximum absolute atomic E-state index is 12.0. The average Bonchev–Trinajstić information content (AvgIpc) is 2.61. The molecule has 0 aromatic heterocycles. The van der Waals surface area contributed by atoms with E-state index in [1.165, 1.54) is 19.3 Å². The summed E-state index contributed by atoms with van der Waals surface area (Å²) in [6.45, 7) is 4.33. The molecule has 144 valence electrons. The van der Waals surface area contributed by atoms with Crippen LogP contribution in [0.2, 0.25) is 0 Å². The van der Waals surface area contributed by atoms with Gasteiger partial charge in [-0.15, -0.1) is 0 Å². The number of fused-ring (bicyclic) bond motifs is 1. The van der Waals surface area contributed by atoms with Crippen molar-refractivity contribution in [2.24, 2.45) is 0 Å².